The molecule has 1 heterocycles. The van der Waals surface area contributed by atoms with Crippen LogP contribution in [0.25, 0.3) is 17.5 Å². The van der Waals surface area contributed by atoms with Crippen molar-refractivity contribution in [3.63, 3.8) is 0 Å². The van der Waals surface area contributed by atoms with Gasteiger partial charge < -0.3 is 15.2 Å². The van der Waals surface area contributed by atoms with Gasteiger partial charge in [0.2, 0.25) is 11.8 Å². The number of hydrogen-bond donors (Lipinski definition) is 2. The number of aryl methyl sites for hydroxylation is 1. The first-order valence-electron chi connectivity index (χ1n) is 11.0. The summed E-state index contributed by atoms with van der Waals surface area (Å²) < 4.78 is 1.85. The molecule has 3 aromatic carbocycles. The number of nitrogens with zero attached hydrogens (tertiary/aromatic N) is 3. The Hall–Kier alpha value is -4.17. The van der Waals surface area contributed by atoms with Gasteiger partial charge in [0.15, 0.2) is 11.0 Å². The SMILES string of the molecule is Cc1ccc(NC(=O)CSc2nnc(-c3ccc(NC(=O)/C=C/c4ccccc4)cc3)n2C)cc1. The van der Waals surface area contributed by atoms with Crippen molar-refractivity contribution in [2.45, 2.75) is 12.1 Å². The predicted octanol–water partition coefficient (Wildman–Crippen LogP) is 5.17. The van der Waals surface area contributed by atoms with Crippen LogP contribution in [0.5, 0.6) is 0 Å². The lowest BCUT2D eigenvalue weighted by Gasteiger charge is -2.07. The van der Waals surface area contributed by atoms with E-state index in [-0.39, 0.29) is 17.6 Å². The first-order valence-corrected chi connectivity index (χ1v) is 12.0. The molecular weight excluding hydrogens is 458 g/mol. The lowest BCUT2D eigenvalue weighted by atomic mass is 10.2. The Morgan fingerprint density at radius 3 is 2.26 bits per heavy atom. The summed E-state index contributed by atoms with van der Waals surface area (Å²) in [5, 5.41) is 14.9. The largest absolute Gasteiger partial charge is 0.325 e. The lowest BCUT2D eigenvalue weighted by Crippen LogP contribution is -2.14. The summed E-state index contributed by atoms with van der Waals surface area (Å²) in [6.45, 7) is 2.00. The van der Waals surface area contributed by atoms with Crippen LogP contribution >= 0.6 is 11.8 Å². The molecule has 0 aliphatic rings. The van der Waals surface area contributed by atoms with Gasteiger partial charge in [-0.1, -0.05) is 59.8 Å². The van der Waals surface area contributed by atoms with Crippen molar-refractivity contribution < 1.29 is 9.59 Å². The minimum absolute atomic E-state index is 0.107. The molecule has 0 bridgehead atoms. The number of amides is 2. The maximum absolute atomic E-state index is 12.3. The highest BCUT2D eigenvalue weighted by Gasteiger charge is 2.13. The number of benzene rings is 3. The van der Waals surface area contributed by atoms with Crippen LogP contribution in [0, 0.1) is 6.92 Å². The van der Waals surface area contributed by atoms with E-state index in [1.807, 2.05) is 97.4 Å². The molecule has 0 aliphatic carbocycles. The third kappa shape index (κ3) is 6.68. The van der Waals surface area contributed by atoms with Crippen molar-refractivity contribution in [2.24, 2.45) is 7.05 Å². The summed E-state index contributed by atoms with van der Waals surface area (Å²) >= 11 is 1.32. The topological polar surface area (TPSA) is 88.9 Å². The Labute approximate surface area is 208 Å². The molecule has 7 nitrogen and oxygen atoms in total. The van der Waals surface area contributed by atoms with Gasteiger partial charge in [0.25, 0.3) is 0 Å². The minimum Gasteiger partial charge on any atom is -0.325 e. The molecule has 0 fully saturated rings. The molecule has 4 aromatic rings. The number of thioether (sulfide) groups is 1. The van der Waals surface area contributed by atoms with E-state index in [0.29, 0.717) is 16.7 Å². The van der Waals surface area contributed by atoms with Gasteiger partial charge in [-0.25, -0.2) is 0 Å². The van der Waals surface area contributed by atoms with Gasteiger partial charge in [0.05, 0.1) is 5.75 Å². The molecular formula is C27H25N5O2S. The van der Waals surface area contributed by atoms with Gasteiger partial charge in [-0.3, -0.25) is 9.59 Å². The van der Waals surface area contributed by atoms with Crippen LogP contribution in [0.15, 0.2) is 90.1 Å². The summed E-state index contributed by atoms with van der Waals surface area (Å²) in [5.74, 6) is 0.586. The third-order valence-electron chi connectivity index (χ3n) is 5.14. The van der Waals surface area contributed by atoms with Gasteiger partial charge >= 0.3 is 0 Å². The standard InChI is InChI=1S/C27H25N5O2S/c1-19-8-13-22(14-9-19)29-25(34)18-35-27-31-30-26(32(27)2)21-11-15-23(16-12-21)28-24(33)17-10-20-6-4-3-5-7-20/h3-17H,18H2,1-2H3,(H,28,33)(H,29,34)/b17-10+. The van der Waals surface area contributed by atoms with E-state index >= 15 is 0 Å². The van der Waals surface area contributed by atoms with Crippen LogP contribution in [-0.4, -0.2) is 32.3 Å². The van der Waals surface area contributed by atoms with Crippen molar-refractivity contribution in [1.82, 2.24) is 14.8 Å². The summed E-state index contributed by atoms with van der Waals surface area (Å²) in [6.07, 6.45) is 3.27. The fourth-order valence-corrected chi connectivity index (χ4v) is 3.99. The van der Waals surface area contributed by atoms with E-state index in [1.165, 1.54) is 17.8 Å². The molecule has 8 heteroatoms. The number of nitrogens with one attached hydrogen (secondary N) is 2. The second-order valence-corrected chi connectivity index (χ2v) is 8.82. The smallest absolute Gasteiger partial charge is 0.248 e. The number of carbonyl (C=O) groups is 2. The van der Waals surface area contributed by atoms with E-state index in [0.717, 1.165) is 22.4 Å². The quantitative estimate of drug-likeness (QED) is 0.267. The van der Waals surface area contributed by atoms with Gasteiger partial charge in [-0.2, -0.15) is 0 Å². The van der Waals surface area contributed by atoms with Crippen molar-refractivity contribution in [3.8, 4) is 11.4 Å². The van der Waals surface area contributed by atoms with Crippen LogP contribution < -0.4 is 10.6 Å². The number of anilines is 2. The zero-order chi connectivity index (χ0) is 24.6. The van der Waals surface area contributed by atoms with E-state index < -0.39 is 0 Å². The summed E-state index contributed by atoms with van der Waals surface area (Å²) in [6, 6.07) is 24.7. The predicted molar refractivity (Wildman–Crippen MR) is 141 cm³/mol. The molecule has 176 valence electrons. The van der Waals surface area contributed by atoms with Crippen LogP contribution in [0.2, 0.25) is 0 Å². The van der Waals surface area contributed by atoms with E-state index in [9.17, 15) is 9.59 Å². The van der Waals surface area contributed by atoms with Crippen molar-refractivity contribution in [3.05, 3.63) is 96.1 Å². The molecule has 2 N–H and O–H groups in total. The number of aromatic nitrogens is 3. The normalized spacial score (nSPS) is 10.9. The molecule has 0 saturated heterocycles. The zero-order valence-electron chi connectivity index (χ0n) is 19.4. The van der Waals surface area contributed by atoms with Crippen LogP contribution in [0.4, 0.5) is 11.4 Å². The van der Waals surface area contributed by atoms with Crippen LogP contribution in [0.1, 0.15) is 11.1 Å². The Balaban J connectivity index is 1.32. The van der Waals surface area contributed by atoms with Gasteiger partial charge in [-0.05, 0) is 55.0 Å². The summed E-state index contributed by atoms with van der Waals surface area (Å²) in [4.78, 5) is 24.5. The Bertz CT molecular complexity index is 1330. The molecule has 1 aromatic heterocycles. The van der Waals surface area contributed by atoms with E-state index in [2.05, 4.69) is 20.8 Å². The highest BCUT2D eigenvalue weighted by molar-refractivity contribution is 7.99. The van der Waals surface area contributed by atoms with Gasteiger partial charge in [0, 0.05) is 30.1 Å². The molecule has 0 unspecified atom stereocenters. The van der Waals surface area contributed by atoms with Crippen molar-refractivity contribution >= 4 is 41.0 Å². The van der Waals surface area contributed by atoms with E-state index in [1.54, 1.807) is 6.08 Å². The maximum atomic E-state index is 12.3. The van der Waals surface area contributed by atoms with Gasteiger partial charge in [0.1, 0.15) is 0 Å². The molecule has 0 atom stereocenters. The number of hydrogen-bond acceptors (Lipinski definition) is 5. The fraction of sp³-hybridized carbons (Fsp3) is 0.111. The average Bonchev–Trinajstić information content (AvgIpc) is 3.24. The highest BCUT2D eigenvalue weighted by Crippen LogP contribution is 2.24. The zero-order valence-corrected chi connectivity index (χ0v) is 20.3. The fourth-order valence-electron chi connectivity index (χ4n) is 3.28. The Morgan fingerprint density at radius 2 is 1.54 bits per heavy atom. The van der Waals surface area contributed by atoms with Crippen LogP contribution in [0.3, 0.4) is 0 Å². The Kier molecular flexibility index (Phi) is 7.74. The molecule has 35 heavy (non-hydrogen) atoms. The minimum atomic E-state index is -0.206. The molecule has 0 aliphatic heterocycles. The number of rotatable bonds is 8. The van der Waals surface area contributed by atoms with Crippen molar-refractivity contribution in [2.75, 3.05) is 16.4 Å². The second-order valence-electron chi connectivity index (χ2n) is 7.88. The highest BCUT2D eigenvalue weighted by atomic mass is 32.2. The first kappa shape index (κ1) is 24.0. The first-order chi connectivity index (χ1) is 17.0. The van der Waals surface area contributed by atoms with Crippen LogP contribution in [-0.2, 0) is 16.6 Å². The molecule has 4 rings (SSSR count). The van der Waals surface area contributed by atoms with Gasteiger partial charge in [-0.15, -0.1) is 10.2 Å². The lowest BCUT2D eigenvalue weighted by molar-refractivity contribution is -0.114. The average molecular weight is 484 g/mol. The van der Waals surface area contributed by atoms with E-state index in [4.69, 9.17) is 0 Å². The molecule has 2 amide bonds. The molecule has 0 radical (unpaired) electrons. The summed E-state index contributed by atoms with van der Waals surface area (Å²) in [7, 11) is 1.86. The third-order valence-corrected chi connectivity index (χ3v) is 6.16. The number of carbonyl (C=O) groups excluding carboxylic acids is 2. The Morgan fingerprint density at radius 1 is 0.886 bits per heavy atom. The second kappa shape index (κ2) is 11.3. The monoisotopic (exact) mass is 483 g/mol. The molecule has 0 spiro atoms. The van der Waals surface area contributed by atoms with Crippen molar-refractivity contribution in [1.29, 1.82) is 0 Å². The maximum Gasteiger partial charge on any atom is 0.248 e. The molecule has 0 saturated carbocycles. The summed E-state index contributed by atoms with van der Waals surface area (Å²) in [5.41, 5.74) is 4.40.